The minimum atomic E-state index is -0.698. The van der Waals surface area contributed by atoms with Gasteiger partial charge in [-0.15, -0.1) is 0 Å². The van der Waals surface area contributed by atoms with E-state index in [2.05, 4.69) is 17.0 Å². The molecule has 0 bridgehead atoms. The normalized spacial score (nSPS) is 13.6. The van der Waals surface area contributed by atoms with Gasteiger partial charge in [-0.05, 0) is 34.7 Å². The summed E-state index contributed by atoms with van der Waals surface area (Å²) < 4.78 is 0. The number of aliphatic carboxylic acids is 1. The highest BCUT2D eigenvalue weighted by atomic mass is 16.4. The Bertz CT molecular complexity index is 993. The van der Waals surface area contributed by atoms with E-state index in [-0.39, 0.29) is 12.5 Å². The van der Waals surface area contributed by atoms with Gasteiger partial charge in [-0.2, -0.15) is 0 Å². The SMILES string of the molecule is CC(=N)c1ccc(CN2CC(C(=O)O)C2)cc1.OCc1ccc(-c2ccccc2)cc1. The largest absolute Gasteiger partial charge is 0.481 e. The van der Waals surface area contributed by atoms with Crippen LogP contribution in [0.3, 0.4) is 0 Å². The molecule has 5 heteroatoms. The monoisotopic (exact) mass is 416 g/mol. The quantitative estimate of drug-likeness (QED) is 0.519. The number of benzene rings is 3. The maximum absolute atomic E-state index is 10.6. The van der Waals surface area contributed by atoms with Crippen LogP contribution in [0.1, 0.15) is 23.6 Å². The summed E-state index contributed by atoms with van der Waals surface area (Å²) in [7, 11) is 0. The number of rotatable bonds is 6. The smallest absolute Gasteiger partial charge is 0.309 e. The first-order chi connectivity index (χ1) is 15.0. The van der Waals surface area contributed by atoms with E-state index in [0.717, 1.165) is 17.7 Å². The first-order valence-corrected chi connectivity index (χ1v) is 10.3. The Labute approximate surface area is 183 Å². The molecule has 0 spiro atoms. The van der Waals surface area contributed by atoms with Gasteiger partial charge >= 0.3 is 5.97 Å². The Hall–Kier alpha value is -3.28. The van der Waals surface area contributed by atoms with Crippen molar-refractivity contribution in [1.82, 2.24) is 4.90 Å². The second-order valence-corrected chi connectivity index (χ2v) is 7.77. The lowest BCUT2D eigenvalue weighted by Gasteiger charge is -2.36. The van der Waals surface area contributed by atoms with Crippen LogP contribution in [-0.4, -0.2) is 39.9 Å². The topological polar surface area (TPSA) is 84.6 Å². The molecule has 0 atom stereocenters. The Kier molecular flexibility index (Phi) is 7.70. The van der Waals surface area contributed by atoms with Gasteiger partial charge in [0.05, 0.1) is 12.5 Å². The Morgan fingerprint density at radius 1 is 0.903 bits per heavy atom. The summed E-state index contributed by atoms with van der Waals surface area (Å²) in [5.74, 6) is -0.894. The number of carboxylic acid groups (broad SMARTS) is 1. The lowest BCUT2D eigenvalue weighted by molar-refractivity contribution is -0.147. The minimum Gasteiger partial charge on any atom is -0.481 e. The third kappa shape index (κ3) is 6.35. The molecule has 0 unspecified atom stereocenters. The van der Waals surface area contributed by atoms with Gasteiger partial charge in [0, 0.05) is 25.3 Å². The van der Waals surface area contributed by atoms with E-state index in [1.165, 1.54) is 16.7 Å². The maximum atomic E-state index is 10.6. The molecule has 1 heterocycles. The van der Waals surface area contributed by atoms with E-state index in [4.69, 9.17) is 15.6 Å². The summed E-state index contributed by atoms with van der Waals surface area (Å²) in [6.07, 6.45) is 0. The molecule has 0 aliphatic carbocycles. The molecule has 1 aliphatic rings. The number of nitrogens with one attached hydrogen (secondary N) is 1. The van der Waals surface area contributed by atoms with E-state index >= 15 is 0 Å². The van der Waals surface area contributed by atoms with Crippen LogP contribution in [0.25, 0.3) is 11.1 Å². The van der Waals surface area contributed by atoms with Crippen molar-refractivity contribution >= 4 is 11.7 Å². The molecule has 3 aromatic carbocycles. The molecule has 1 saturated heterocycles. The van der Waals surface area contributed by atoms with Crippen LogP contribution < -0.4 is 0 Å². The number of aliphatic hydroxyl groups excluding tert-OH is 1. The van der Waals surface area contributed by atoms with Gasteiger partial charge in [0.25, 0.3) is 0 Å². The van der Waals surface area contributed by atoms with Crippen molar-refractivity contribution in [2.75, 3.05) is 13.1 Å². The summed E-state index contributed by atoms with van der Waals surface area (Å²) in [6.45, 7) is 3.94. The van der Waals surface area contributed by atoms with Crippen molar-refractivity contribution in [3.8, 4) is 11.1 Å². The number of hydrogen-bond acceptors (Lipinski definition) is 4. The first kappa shape index (κ1) is 22.4. The van der Waals surface area contributed by atoms with Crippen molar-refractivity contribution in [3.05, 3.63) is 95.6 Å². The van der Waals surface area contributed by atoms with Crippen molar-refractivity contribution in [3.63, 3.8) is 0 Å². The first-order valence-electron chi connectivity index (χ1n) is 10.3. The molecule has 1 fully saturated rings. The summed E-state index contributed by atoms with van der Waals surface area (Å²) >= 11 is 0. The second-order valence-electron chi connectivity index (χ2n) is 7.77. The fraction of sp³-hybridized carbons (Fsp3) is 0.231. The number of hydrogen-bond donors (Lipinski definition) is 3. The van der Waals surface area contributed by atoms with Gasteiger partial charge < -0.3 is 15.6 Å². The number of carboxylic acids is 1. The Morgan fingerprint density at radius 3 is 1.97 bits per heavy atom. The molecule has 1 aliphatic heterocycles. The number of aliphatic hydroxyl groups is 1. The van der Waals surface area contributed by atoms with Crippen LogP contribution in [-0.2, 0) is 17.9 Å². The summed E-state index contributed by atoms with van der Waals surface area (Å²) in [5.41, 5.74) is 6.00. The highest BCUT2D eigenvalue weighted by Crippen LogP contribution is 2.20. The molecular weight excluding hydrogens is 388 g/mol. The van der Waals surface area contributed by atoms with E-state index < -0.39 is 5.97 Å². The van der Waals surface area contributed by atoms with E-state index in [9.17, 15) is 4.79 Å². The third-order valence-corrected chi connectivity index (χ3v) is 5.34. The number of carbonyl (C=O) groups is 1. The average Bonchev–Trinajstić information content (AvgIpc) is 2.77. The standard InChI is InChI=1S/C13H16N2O2.C13H12O/c1-9(14)11-4-2-10(3-5-11)6-15-7-12(8-15)13(16)17;14-10-11-6-8-13(9-7-11)12-4-2-1-3-5-12/h2-5,12,14H,6-8H2,1H3,(H,16,17);1-9,14H,10H2. The molecule has 5 nitrogen and oxygen atoms in total. The van der Waals surface area contributed by atoms with Crippen LogP contribution in [0.4, 0.5) is 0 Å². The van der Waals surface area contributed by atoms with Crippen LogP contribution >= 0.6 is 0 Å². The van der Waals surface area contributed by atoms with E-state index in [1.807, 2.05) is 66.7 Å². The summed E-state index contributed by atoms with van der Waals surface area (Å²) in [5, 5.41) is 25.2. The fourth-order valence-corrected chi connectivity index (χ4v) is 3.41. The average molecular weight is 417 g/mol. The van der Waals surface area contributed by atoms with Gasteiger partial charge in [0.15, 0.2) is 0 Å². The molecule has 0 radical (unpaired) electrons. The zero-order valence-corrected chi connectivity index (χ0v) is 17.7. The molecule has 3 aromatic rings. The molecule has 31 heavy (non-hydrogen) atoms. The van der Waals surface area contributed by atoms with Crippen molar-refractivity contribution in [2.24, 2.45) is 5.92 Å². The van der Waals surface area contributed by atoms with Gasteiger partial charge in [-0.3, -0.25) is 9.69 Å². The molecule has 0 amide bonds. The molecule has 0 aromatic heterocycles. The van der Waals surface area contributed by atoms with Crippen LogP contribution in [0.15, 0.2) is 78.9 Å². The van der Waals surface area contributed by atoms with Crippen molar-refractivity contribution < 1.29 is 15.0 Å². The highest BCUT2D eigenvalue weighted by Gasteiger charge is 2.31. The molecule has 0 saturated carbocycles. The van der Waals surface area contributed by atoms with Gasteiger partial charge in [0.1, 0.15) is 0 Å². The molecular formula is C26H28N2O3. The van der Waals surface area contributed by atoms with Gasteiger partial charge in [-0.25, -0.2) is 0 Å². The highest BCUT2D eigenvalue weighted by molar-refractivity contribution is 5.96. The van der Waals surface area contributed by atoms with Crippen LogP contribution in [0.2, 0.25) is 0 Å². The summed E-state index contributed by atoms with van der Waals surface area (Å²) in [4.78, 5) is 12.8. The number of nitrogens with zero attached hydrogens (tertiary/aromatic N) is 1. The lowest BCUT2D eigenvalue weighted by Crippen LogP contribution is -2.49. The van der Waals surface area contributed by atoms with Gasteiger partial charge in [0.2, 0.25) is 0 Å². The summed E-state index contributed by atoms with van der Waals surface area (Å²) in [6, 6.07) is 26.0. The zero-order valence-electron chi connectivity index (χ0n) is 17.7. The van der Waals surface area contributed by atoms with Crippen molar-refractivity contribution in [2.45, 2.75) is 20.1 Å². The predicted molar refractivity (Wildman–Crippen MR) is 123 cm³/mol. The Morgan fingerprint density at radius 2 is 1.45 bits per heavy atom. The number of likely N-dealkylation sites (tertiary alicyclic amines) is 1. The minimum absolute atomic E-state index is 0.106. The Balaban J connectivity index is 0.000000179. The maximum Gasteiger partial charge on any atom is 0.309 e. The van der Waals surface area contributed by atoms with Crippen molar-refractivity contribution in [1.29, 1.82) is 5.41 Å². The van der Waals surface area contributed by atoms with Crippen LogP contribution in [0, 0.1) is 11.3 Å². The third-order valence-electron chi connectivity index (χ3n) is 5.34. The lowest BCUT2D eigenvalue weighted by atomic mass is 9.99. The van der Waals surface area contributed by atoms with Crippen LogP contribution in [0.5, 0.6) is 0 Å². The fourth-order valence-electron chi connectivity index (χ4n) is 3.41. The van der Waals surface area contributed by atoms with E-state index in [0.29, 0.717) is 18.8 Å². The zero-order chi connectivity index (χ0) is 22.2. The molecule has 160 valence electrons. The van der Waals surface area contributed by atoms with E-state index in [1.54, 1.807) is 6.92 Å². The second kappa shape index (κ2) is 10.7. The predicted octanol–water partition coefficient (Wildman–Crippen LogP) is 4.44. The molecule has 4 rings (SSSR count). The van der Waals surface area contributed by atoms with Gasteiger partial charge in [-0.1, -0.05) is 78.9 Å². The molecule has 3 N–H and O–H groups in total.